The number of esters is 2. The summed E-state index contributed by atoms with van der Waals surface area (Å²) in [7, 11) is 0. The lowest BCUT2D eigenvalue weighted by Gasteiger charge is -2.20. The molecule has 2 aromatic rings. The van der Waals surface area contributed by atoms with Crippen molar-refractivity contribution in [1.29, 1.82) is 0 Å². The van der Waals surface area contributed by atoms with E-state index in [0.29, 0.717) is 24.8 Å². The van der Waals surface area contributed by atoms with Crippen molar-refractivity contribution in [3.63, 3.8) is 0 Å². The van der Waals surface area contributed by atoms with Gasteiger partial charge in [-0.05, 0) is 30.5 Å². The third-order valence-electron chi connectivity index (χ3n) is 5.95. The van der Waals surface area contributed by atoms with Gasteiger partial charge < -0.3 is 14.6 Å². The highest BCUT2D eigenvalue weighted by Crippen LogP contribution is 2.43. The van der Waals surface area contributed by atoms with Crippen molar-refractivity contribution in [1.82, 2.24) is 0 Å². The van der Waals surface area contributed by atoms with E-state index < -0.39 is 6.10 Å². The molecule has 1 saturated heterocycles. The molecule has 5 nitrogen and oxygen atoms in total. The monoisotopic (exact) mass is 406 g/mol. The maximum atomic E-state index is 12.5. The first-order valence-electron chi connectivity index (χ1n) is 10.5. The third kappa shape index (κ3) is 4.79. The highest BCUT2D eigenvalue weighted by atomic mass is 16.6. The van der Waals surface area contributed by atoms with Gasteiger partial charge in [0, 0.05) is 18.3 Å². The normalized spacial score (nSPS) is 26.4. The average molecular weight is 406 g/mol. The first-order chi connectivity index (χ1) is 14.6. The van der Waals surface area contributed by atoms with Crippen molar-refractivity contribution in [2.75, 3.05) is 0 Å². The quantitative estimate of drug-likeness (QED) is 0.561. The lowest BCUT2D eigenvalue weighted by atomic mass is 9.91. The number of hydrogen-bond donors (Lipinski definition) is 1. The van der Waals surface area contributed by atoms with Crippen molar-refractivity contribution in [3.8, 4) is 0 Å². The minimum atomic E-state index is -0.604. The van der Waals surface area contributed by atoms with Crippen LogP contribution in [0.4, 0.5) is 0 Å². The lowest BCUT2D eigenvalue weighted by Crippen LogP contribution is -2.25. The Labute approximate surface area is 176 Å². The van der Waals surface area contributed by atoms with Gasteiger partial charge in [-0.1, -0.05) is 60.7 Å². The van der Waals surface area contributed by atoms with Gasteiger partial charge in [0.2, 0.25) is 0 Å². The molecule has 1 aliphatic carbocycles. The Balaban J connectivity index is 1.41. The summed E-state index contributed by atoms with van der Waals surface area (Å²) in [6, 6.07) is 18.9. The number of aliphatic hydroxyl groups excluding tert-OH is 1. The van der Waals surface area contributed by atoms with Crippen LogP contribution in [-0.2, 0) is 20.7 Å². The van der Waals surface area contributed by atoms with E-state index in [9.17, 15) is 14.7 Å². The van der Waals surface area contributed by atoms with E-state index in [4.69, 9.17) is 9.47 Å². The van der Waals surface area contributed by atoms with Crippen molar-refractivity contribution in [2.24, 2.45) is 11.8 Å². The Morgan fingerprint density at radius 1 is 1.13 bits per heavy atom. The van der Waals surface area contributed by atoms with Gasteiger partial charge in [0.25, 0.3) is 0 Å². The zero-order valence-corrected chi connectivity index (χ0v) is 16.7. The molecule has 2 aliphatic rings. The highest BCUT2D eigenvalue weighted by molar-refractivity contribution is 5.89. The zero-order chi connectivity index (χ0) is 20.9. The van der Waals surface area contributed by atoms with E-state index in [1.807, 2.05) is 42.5 Å². The number of hydrogen-bond acceptors (Lipinski definition) is 5. The van der Waals surface area contributed by atoms with Crippen LogP contribution in [0.15, 0.2) is 72.8 Å². The van der Waals surface area contributed by atoms with Crippen LogP contribution < -0.4 is 0 Å². The molecule has 1 N–H and O–H groups in total. The topological polar surface area (TPSA) is 72.8 Å². The smallest absolute Gasteiger partial charge is 0.338 e. The van der Waals surface area contributed by atoms with E-state index in [-0.39, 0.29) is 36.0 Å². The summed E-state index contributed by atoms with van der Waals surface area (Å²) in [5.74, 6) is -0.764. The zero-order valence-electron chi connectivity index (χ0n) is 16.7. The molecule has 0 amide bonds. The Morgan fingerprint density at radius 3 is 2.57 bits per heavy atom. The van der Waals surface area contributed by atoms with Crippen LogP contribution in [-0.4, -0.2) is 35.4 Å². The van der Waals surface area contributed by atoms with E-state index in [1.54, 1.807) is 30.3 Å². The summed E-state index contributed by atoms with van der Waals surface area (Å²) in [5.41, 5.74) is 1.67. The van der Waals surface area contributed by atoms with E-state index in [2.05, 4.69) is 0 Å². The largest absolute Gasteiger partial charge is 0.462 e. The Bertz CT molecular complexity index is 892. The van der Waals surface area contributed by atoms with Gasteiger partial charge in [-0.3, -0.25) is 4.79 Å². The molecule has 0 bridgehead atoms. The van der Waals surface area contributed by atoms with Gasteiger partial charge in [0.15, 0.2) is 0 Å². The summed E-state index contributed by atoms with van der Waals surface area (Å²) in [5, 5.41) is 10.4. The highest BCUT2D eigenvalue weighted by Gasteiger charge is 2.50. The average Bonchev–Trinajstić information content (AvgIpc) is 3.27. The molecule has 156 valence electrons. The Hall–Kier alpha value is -2.92. The molecule has 1 heterocycles. The second kappa shape index (κ2) is 9.26. The standard InChI is InChI=1S/C25H26O5/c26-19(12-11-17-7-3-1-4-8-17)13-14-20-21-15-24(27)29-23(21)16-22(20)30-25(28)18-9-5-2-6-10-18/h1-10,13-14,19-23,26H,11-12,15-16H2/b14-13+/t19-,20?,21?,22+,23-/m0/s1. The molecular weight excluding hydrogens is 380 g/mol. The van der Waals surface area contributed by atoms with Crippen LogP contribution >= 0.6 is 0 Å². The van der Waals surface area contributed by atoms with Gasteiger partial charge >= 0.3 is 11.9 Å². The predicted molar refractivity (Wildman–Crippen MR) is 112 cm³/mol. The maximum absolute atomic E-state index is 12.5. The number of aryl methyl sites for hydroxylation is 1. The first kappa shape index (κ1) is 20.4. The molecule has 30 heavy (non-hydrogen) atoms. The summed E-state index contributed by atoms with van der Waals surface area (Å²) >= 11 is 0. The van der Waals surface area contributed by atoms with E-state index in [1.165, 1.54) is 5.56 Å². The minimum absolute atomic E-state index is 0.0244. The van der Waals surface area contributed by atoms with Gasteiger partial charge in [-0.15, -0.1) is 0 Å². The number of rotatable bonds is 7. The number of carbonyl (C=O) groups excluding carboxylic acids is 2. The van der Waals surface area contributed by atoms with Gasteiger partial charge in [0.05, 0.1) is 18.1 Å². The summed E-state index contributed by atoms with van der Waals surface area (Å²) in [6.07, 6.45) is 4.65. The fraction of sp³-hybridized carbons (Fsp3) is 0.360. The fourth-order valence-corrected chi connectivity index (χ4v) is 4.38. The molecule has 0 aromatic heterocycles. The molecule has 0 spiro atoms. The van der Waals surface area contributed by atoms with Gasteiger partial charge in [0.1, 0.15) is 12.2 Å². The molecule has 2 fully saturated rings. The molecule has 2 unspecified atom stereocenters. The predicted octanol–water partition coefficient (Wildman–Crippen LogP) is 3.71. The Kier molecular flexibility index (Phi) is 6.29. The SMILES string of the molecule is O=C1CC2C(/C=C/[C@@H](O)CCc3ccccc3)[C@H](OC(=O)c3ccccc3)C[C@@H]2O1. The first-order valence-corrected chi connectivity index (χ1v) is 10.5. The van der Waals surface area contributed by atoms with Crippen LogP contribution in [0.1, 0.15) is 35.2 Å². The molecular formula is C25H26O5. The molecule has 4 rings (SSSR count). The molecule has 1 aliphatic heterocycles. The van der Waals surface area contributed by atoms with Crippen LogP contribution in [0.2, 0.25) is 0 Å². The van der Waals surface area contributed by atoms with Gasteiger partial charge in [-0.25, -0.2) is 4.79 Å². The van der Waals surface area contributed by atoms with Crippen LogP contribution in [0.25, 0.3) is 0 Å². The molecule has 2 aromatic carbocycles. The molecule has 1 saturated carbocycles. The summed E-state index contributed by atoms with van der Waals surface area (Å²) < 4.78 is 11.2. The number of fused-ring (bicyclic) bond motifs is 1. The number of carbonyl (C=O) groups is 2. The van der Waals surface area contributed by atoms with Crippen molar-refractivity contribution >= 4 is 11.9 Å². The van der Waals surface area contributed by atoms with Gasteiger partial charge in [-0.2, -0.15) is 0 Å². The second-order valence-electron chi connectivity index (χ2n) is 8.00. The summed E-state index contributed by atoms with van der Waals surface area (Å²) in [6.45, 7) is 0. The van der Waals surface area contributed by atoms with Crippen LogP contribution in [0.5, 0.6) is 0 Å². The fourth-order valence-electron chi connectivity index (χ4n) is 4.38. The minimum Gasteiger partial charge on any atom is -0.462 e. The van der Waals surface area contributed by atoms with Crippen molar-refractivity contribution < 1.29 is 24.2 Å². The van der Waals surface area contributed by atoms with E-state index >= 15 is 0 Å². The molecule has 5 atom stereocenters. The number of aliphatic hydroxyl groups is 1. The lowest BCUT2D eigenvalue weighted by molar-refractivity contribution is -0.141. The van der Waals surface area contributed by atoms with Crippen molar-refractivity contribution in [2.45, 2.75) is 44.0 Å². The maximum Gasteiger partial charge on any atom is 0.338 e. The summed E-state index contributed by atoms with van der Waals surface area (Å²) in [4.78, 5) is 24.3. The van der Waals surface area contributed by atoms with Crippen molar-refractivity contribution in [3.05, 3.63) is 83.9 Å². The molecule has 5 heteroatoms. The molecule has 0 radical (unpaired) electrons. The third-order valence-corrected chi connectivity index (χ3v) is 5.95. The van der Waals surface area contributed by atoms with E-state index in [0.717, 1.165) is 6.42 Å². The number of ether oxygens (including phenoxy) is 2. The van der Waals surface area contributed by atoms with Crippen LogP contribution in [0, 0.1) is 11.8 Å². The number of benzene rings is 2. The second-order valence-corrected chi connectivity index (χ2v) is 8.00. The Morgan fingerprint density at radius 2 is 1.83 bits per heavy atom. The van der Waals surface area contributed by atoms with Crippen LogP contribution in [0.3, 0.4) is 0 Å².